The molecule has 0 radical (unpaired) electrons. The topological polar surface area (TPSA) is 59.0 Å². The average molecular weight is 325 g/mol. The Morgan fingerprint density at radius 1 is 1.21 bits per heavy atom. The molecule has 1 N–H and O–H groups in total. The van der Waals surface area contributed by atoms with Gasteiger partial charge in [-0.05, 0) is 49.7 Å². The Kier molecular flexibility index (Phi) is 4.55. The van der Waals surface area contributed by atoms with Gasteiger partial charge in [0.1, 0.15) is 5.75 Å². The molecule has 6 nitrogen and oxygen atoms in total. The van der Waals surface area contributed by atoms with E-state index < -0.39 is 0 Å². The number of nitrogens with zero attached hydrogens (tertiary/aromatic N) is 4. The van der Waals surface area contributed by atoms with Crippen LogP contribution in [0.25, 0.3) is 11.3 Å². The first-order chi connectivity index (χ1) is 11.6. The van der Waals surface area contributed by atoms with Crippen LogP contribution in [0.5, 0.6) is 5.75 Å². The molecule has 3 rings (SSSR count). The van der Waals surface area contributed by atoms with Gasteiger partial charge in [0.2, 0.25) is 0 Å². The number of benzene rings is 1. The minimum absolute atomic E-state index is 0.371. The van der Waals surface area contributed by atoms with Crippen molar-refractivity contribution in [3.8, 4) is 17.0 Å². The molecule has 24 heavy (non-hydrogen) atoms. The highest BCUT2D eigenvalue weighted by molar-refractivity contribution is 5.63. The Morgan fingerprint density at radius 2 is 1.96 bits per heavy atom. The Hall–Kier alpha value is -2.76. The molecule has 2 aromatic heterocycles. The third-order valence-corrected chi connectivity index (χ3v) is 3.95. The van der Waals surface area contributed by atoms with Gasteiger partial charge in [0.05, 0.1) is 25.0 Å². The van der Waals surface area contributed by atoms with E-state index in [0.29, 0.717) is 12.6 Å². The molecule has 0 atom stereocenters. The number of aromatic amines is 1. The van der Waals surface area contributed by atoms with E-state index in [1.165, 1.54) is 0 Å². The molecule has 0 saturated carbocycles. The van der Waals surface area contributed by atoms with E-state index in [1.807, 2.05) is 54.3 Å². The van der Waals surface area contributed by atoms with Gasteiger partial charge in [-0.25, -0.2) is 0 Å². The molecule has 0 aliphatic heterocycles. The second-order valence-electron chi connectivity index (χ2n) is 6.11. The molecule has 0 fully saturated rings. The minimum Gasteiger partial charge on any atom is -0.497 e. The van der Waals surface area contributed by atoms with Gasteiger partial charge in [0.15, 0.2) is 5.82 Å². The van der Waals surface area contributed by atoms with E-state index in [0.717, 1.165) is 28.5 Å². The van der Waals surface area contributed by atoms with Crippen LogP contribution >= 0.6 is 0 Å². The quantitative estimate of drug-likeness (QED) is 0.753. The average Bonchev–Trinajstić information content (AvgIpc) is 3.24. The van der Waals surface area contributed by atoms with Crippen LogP contribution in [-0.4, -0.2) is 34.1 Å². The molecule has 0 bridgehead atoms. The van der Waals surface area contributed by atoms with E-state index >= 15 is 0 Å². The fourth-order valence-electron chi connectivity index (χ4n) is 2.50. The zero-order chi connectivity index (χ0) is 17.1. The first kappa shape index (κ1) is 16.1. The van der Waals surface area contributed by atoms with Gasteiger partial charge in [-0.3, -0.25) is 9.78 Å². The fraction of sp³-hybridized carbons (Fsp3) is 0.333. The van der Waals surface area contributed by atoms with Gasteiger partial charge in [-0.1, -0.05) is 0 Å². The van der Waals surface area contributed by atoms with Gasteiger partial charge < -0.3 is 9.64 Å². The lowest BCUT2D eigenvalue weighted by molar-refractivity contribution is 0.415. The lowest BCUT2D eigenvalue weighted by Crippen LogP contribution is -2.17. The van der Waals surface area contributed by atoms with E-state index in [4.69, 9.17) is 4.74 Å². The van der Waals surface area contributed by atoms with Gasteiger partial charge in [-0.2, -0.15) is 10.2 Å². The van der Waals surface area contributed by atoms with E-state index in [9.17, 15) is 0 Å². The summed E-state index contributed by atoms with van der Waals surface area (Å²) < 4.78 is 7.16. The predicted molar refractivity (Wildman–Crippen MR) is 95.3 cm³/mol. The smallest absolute Gasteiger partial charge is 0.151 e. The first-order valence-corrected chi connectivity index (χ1v) is 8.02. The van der Waals surface area contributed by atoms with E-state index in [2.05, 4.69) is 34.0 Å². The van der Waals surface area contributed by atoms with E-state index in [1.54, 1.807) is 7.11 Å². The van der Waals surface area contributed by atoms with E-state index in [-0.39, 0.29) is 0 Å². The monoisotopic (exact) mass is 325 g/mol. The van der Waals surface area contributed by atoms with Gasteiger partial charge in [0.25, 0.3) is 0 Å². The molecule has 0 aliphatic carbocycles. The Balaban J connectivity index is 1.71. The maximum atomic E-state index is 5.19. The molecule has 0 unspecified atom stereocenters. The van der Waals surface area contributed by atoms with Crippen molar-refractivity contribution in [2.24, 2.45) is 0 Å². The van der Waals surface area contributed by atoms with Crippen LogP contribution in [0.15, 0.2) is 42.6 Å². The van der Waals surface area contributed by atoms with Crippen molar-refractivity contribution in [2.75, 3.05) is 19.1 Å². The number of ether oxygens (including phenoxy) is 1. The van der Waals surface area contributed by atoms with Gasteiger partial charge in [-0.15, -0.1) is 0 Å². The Morgan fingerprint density at radius 3 is 2.58 bits per heavy atom. The number of nitrogens with one attached hydrogen (secondary N) is 1. The molecular weight excluding hydrogens is 302 g/mol. The zero-order valence-corrected chi connectivity index (χ0v) is 14.5. The standard InChI is InChI=1S/C18H23N5O/c1-13(2)23-10-9-15(21-23)12-22(3)18-11-17(19-20-18)14-5-7-16(24-4)8-6-14/h5-11,13H,12H2,1-4H3,(H,19,20). The summed E-state index contributed by atoms with van der Waals surface area (Å²) in [6, 6.07) is 12.4. The predicted octanol–water partition coefficient (Wildman–Crippen LogP) is 3.50. The van der Waals surface area contributed by atoms with Crippen molar-refractivity contribution in [1.82, 2.24) is 20.0 Å². The molecule has 3 aromatic rings. The lowest BCUT2D eigenvalue weighted by Gasteiger charge is -2.14. The van der Waals surface area contributed by atoms with Gasteiger partial charge >= 0.3 is 0 Å². The molecule has 0 amide bonds. The highest BCUT2D eigenvalue weighted by atomic mass is 16.5. The van der Waals surface area contributed by atoms with Crippen LogP contribution in [0, 0.1) is 0 Å². The molecule has 126 valence electrons. The summed E-state index contributed by atoms with van der Waals surface area (Å²) in [7, 11) is 3.68. The third kappa shape index (κ3) is 3.42. The summed E-state index contributed by atoms with van der Waals surface area (Å²) >= 11 is 0. The van der Waals surface area contributed by atoms with Crippen LogP contribution < -0.4 is 9.64 Å². The molecule has 1 aromatic carbocycles. The molecule has 0 saturated heterocycles. The summed E-state index contributed by atoms with van der Waals surface area (Å²) in [6.07, 6.45) is 2.02. The summed E-state index contributed by atoms with van der Waals surface area (Å²) in [5.41, 5.74) is 3.08. The highest BCUT2D eigenvalue weighted by Crippen LogP contribution is 2.24. The minimum atomic E-state index is 0.371. The molecule has 2 heterocycles. The first-order valence-electron chi connectivity index (χ1n) is 8.02. The van der Waals surface area contributed by atoms with Gasteiger partial charge in [0, 0.05) is 25.4 Å². The fourth-order valence-corrected chi connectivity index (χ4v) is 2.50. The SMILES string of the molecule is COc1ccc(-c2cc(N(C)Cc3ccn(C(C)C)n3)n[nH]2)cc1. The number of H-pyrrole nitrogens is 1. The van der Waals surface area contributed by atoms with Crippen molar-refractivity contribution in [2.45, 2.75) is 26.4 Å². The van der Waals surface area contributed by atoms with Crippen molar-refractivity contribution < 1.29 is 4.74 Å². The normalized spacial score (nSPS) is 11.0. The zero-order valence-electron chi connectivity index (χ0n) is 14.5. The second kappa shape index (κ2) is 6.78. The maximum absolute atomic E-state index is 5.19. The number of rotatable bonds is 6. The molecule has 0 aliphatic rings. The molecular formula is C18H23N5O. The largest absolute Gasteiger partial charge is 0.497 e. The van der Waals surface area contributed by atoms with Crippen molar-refractivity contribution in [3.05, 3.63) is 48.3 Å². The number of aromatic nitrogens is 4. The number of hydrogen-bond donors (Lipinski definition) is 1. The van der Waals surface area contributed by atoms with Crippen LogP contribution in [0.2, 0.25) is 0 Å². The van der Waals surface area contributed by atoms with Crippen molar-refractivity contribution in [1.29, 1.82) is 0 Å². The van der Waals surface area contributed by atoms with Crippen molar-refractivity contribution >= 4 is 5.82 Å². The molecule has 0 spiro atoms. The van der Waals surface area contributed by atoms with Crippen molar-refractivity contribution in [3.63, 3.8) is 0 Å². The second-order valence-corrected chi connectivity index (χ2v) is 6.11. The van der Waals surface area contributed by atoms with Crippen LogP contribution in [-0.2, 0) is 6.54 Å². The Labute approximate surface area is 142 Å². The maximum Gasteiger partial charge on any atom is 0.151 e. The Bertz CT molecular complexity index is 788. The molecule has 6 heteroatoms. The summed E-state index contributed by atoms with van der Waals surface area (Å²) in [6.45, 7) is 4.96. The third-order valence-electron chi connectivity index (χ3n) is 3.95. The number of anilines is 1. The van der Waals surface area contributed by atoms with Crippen LogP contribution in [0.3, 0.4) is 0 Å². The van der Waals surface area contributed by atoms with Crippen LogP contribution in [0.1, 0.15) is 25.6 Å². The number of hydrogen-bond acceptors (Lipinski definition) is 4. The lowest BCUT2D eigenvalue weighted by atomic mass is 10.1. The highest BCUT2D eigenvalue weighted by Gasteiger charge is 2.10. The number of methoxy groups -OCH3 is 1. The summed E-state index contributed by atoms with van der Waals surface area (Å²) in [4.78, 5) is 2.08. The summed E-state index contributed by atoms with van der Waals surface area (Å²) in [5, 5.41) is 12.1. The summed E-state index contributed by atoms with van der Waals surface area (Å²) in [5.74, 6) is 1.73. The van der Waals surface area contributed by atoms with Crippen LogP contribution in [0.4, 0.5) is 5.82 Å².